The number of benzene rings is 3. The van der Waals surface area contributed by atoms with Crippen molar-refractivity contribution in [2.24, 2.45) is 5.10 Å². The van der Waals surface area contributed by atoms with Crippen LogP contribution in [0.15, 0.2) is 59.7 Å². The molecule has 3 aromatic carbocycles. The molecule has 0 bridgehead atoms. The van der Waals surface area contributed by atoms with Crippen molar-refractivity contribution >= 4 is 22.9 Å². The predicted octanol–water partition coefficient (Wildman–Crippen LogP) is 3.78. The maximum Gasteiger partial charge on any atom is 0.280 e. The molecule has 3 rings (SSSR count). The number of ether oxygens (including phenoxy) is 4. The molecule has 0 aliphatic heterocycles. The molecule has 1 atom stereocenters. The molecule has 30 heavy (non-hydrogen) atoms. The fourth-order valence-corrected chi connectivity index (χ4v) is 2.95. The van der Waals surface area contributed by atoms with Gasteiger partial charge in [-0.15, -0.1) is 0 Å². The Kier molecular flexibility index (Phi) is 6.75. The molecule has 0 saturated carbocycles. The van der Waals surface area contributed by atoms with Crippen molar-refractivity contribution in [3.63, 3.8) is 0 Å². The summed E-state index contributed by atoms with van der Waals surface area (Å²) in [5.41, 5.74) is 3.12. The molecule has 0 aliphatic carbocycles. The van der Waals surface area contributed by atoms with Gasteiger partial charge in [0.25, 0.3) is 5.91 Å². The van der Waals surface area contributed by atoms with Gasteiger partial charge in [0.15, 0.2) is 17.6 Å². The zero-order valence-corrected chi connectivity index (χ0v) is 17.3. The van der Waals surface area contributed by atoms with Crippen LogP contribution in [0.5, 0.6) is 23.0 Å². The minimum atomic E-state index is -0.736. The van der Waals surface area contributed by atoms with E-state index in [9.17, 15) is 4.79 Å². The first-order chi connectivity index (χ1) is 14.6. The van der Waals surface area contributed by atoms with E-state index in [1.807, 2.05) is 42.5 Å². The molecule has 0 aliphatic rings. The second kappa shape index (κ2) is 9.65. The number of nitrogens with zero attached hydrogens (tertiary/aromatic N) is 1. The summed E-state index contributed by atoms with van der Waals surface area (Å²) in [6.07, 6.45) is 0.740. The van der Waals surface area contributed by atoms with Gasteiger partial charge in [0, 0.05) is 17.0 Å². The van der Waals surface area contributed by atoms with Gasteiger partial charge in [-0.3, -0.25) is 4.79 Å². The number of hydrogen-bond acceptors (Lipinski definition) is 6. The van der Waals surface area contributed by atoms with E-state index < -0.39 is 6.10 Å². The Morgan fingerprint density at radius 3 is 2.30 bits per heavy atom. The van der Waals surface area contributed by atoms with Gasteiger partial charge in [-0.25, -0.2) is 5.43 Å². The van der Waals surface area contributed by atoms with Gasteiger partial charge in [-0.2, -0.15) is 5.10 Å². The van der Waals surface area contributed by atoms with E-state index in [0.29, 0.717) is 28.6 Å². The van der Waals surface area contributed by atoms with Gasteiger partial charge in [0.1, 0.15) is 11.5 Å². The lowest BCUT2D eigenvalue weighted by Gasteiger charge is -2.15. The van der Waals surface area contributed by atoms with Crippen molar-refractivity contribution in [1.82, 2.24) is 5.43 Å². The summed E-state index contributed by atoms with van der Waals surface area (Å²) in [5.74, 6) is 1.86. The lowest BCUT2D eigenvalue weighted by atomic mass is 10.1. The Labute approximate surface area is 175 Å². The van der Waals surface area contributed by atoms with Crippen LogP contribution in [0.4, 0.5) is 0 Å². The lowest BCUT2D eigenvalue weighted by molar-refractivity contribution is -0.127. The number of carbonyl (C=O) groups excluding carboxylic acids is 1. The molecule has 3 aromatic rings. The number of methoxy groups -OCH3 is 3. The lowest BCUT2D eigenvalue weighted by Crippen LogP contribution is -2.33. The third-order valence-electron chi connectivity index (χ3n) is 4.54. The monoisotopic (exact) mass is 408 g/mol. The Morgan fingerprint density at radius 1 is 0.900 bits per heavy atom. The number of rotatable bonds is 8. The van der Waals surface area contributed by atoms with Crippen LogP contribution < -0.4 is 24.4 Å². The number of hydrogen-bond donors (Lipinski definition) is 1. The highest BCUT2D eigenvalue weighted by Crippen LogP contribution is 2.33. The van der Waals surface area contributed by atoms with Crippen molar-refractivity contribution in [2.75, 3.05) is 21.3 Å². The summed E-state index contributed by atoms with van der Waals surface area (Å²) in [6.45, 7) is 1.67. The van der Waals surface area contributed by atoms with Gasteiger partial charge in [0.05, 0.1) is 27.5 Å². The summed E-state index contributed by atoms with van der Waals surface area (Å²) in [4.78, 5) is 12.4. The van der Waals surface area contributed by atoms with Gasteiger partial charge in [0.2, 0.25) is 0 Å². The minimum absolute atomic E-state index is 0.376. The standard InChI is InChI=1S/C23H24N2O5/c1-15(30-19-11-7-9-16-8-5-6-10-18(16)19)23(26)25-24-14-17-12-21(28-3)22(29-4)13-20(17)27-2/h5-15H,1-4H3,(H,25,26)/b24-14-/t15-/m1/s1. The fraction of sp³-hybridized carbons (Fsp3) is 0.217. The second-order valence-corrected chi connectivity index (χ2v) is 6.42. The van der Waals surface area contributed by atoms with Crippen LogP contribution >= 0.6 is 0 Å². The van der Waals surface area contributed by atoms with E-state index in [1.165, 1.54) is 13.3 Å². The summed E-state index contributed by atoms with van der Waals surface area (Å²) < 4.78 is 21.8. The zero-order valence-electron chi connectivity index (χ0n) is 17.3. The normalized spacial score (nSPS) is 11.9. The van der Waals surface area contributed by atoms with Crippen LogP contribution in [-0.2, 0) is 4.79 Å². The molecular weight excluding hydrogens is 384 g/mol. The third kappa shape index (κ3) is 4.63. The quantitative estimate of drug-likeness (QED) is 0.453. The molecular formula is C23H24N2O5. The number of fused-ring (bicyclic) bond motifs is 1. The van der Waals surface area contributed by atoms with Crippen molar-refractivity contribution < 1.29 is 23.7 Å². The highest BCUT2D eigenvalue weighted by atomic mass is 16.5. The smallest absolute Gasteiger partial charge is 0.280 e. The molecule has 1 amide bonds. The summed E-state index contributed by atoms with van der Waals surface area (Å²) in [7, 11) is 4.62. The molecule has 0 unspecified atom stereocenters. The molecule has 0 fully saturated rings. The largest absolute Gasteiger partial charge is 0.496 e. The van der Waals surface area contributed by atoms with Crippen LogP contribution in [0.1, 0.15) is 12.5 Å². The van der Waals surface area contributed by atoms with Crippen molar-refractivity contribution in [3.8, 4) is 23.0 Å². The summed E-state index contributed by atoms with van der Waals surface area (Å²) in [5, 5.41) is 6.01. The summed E-state index contributed by atoms with van der Waals surface area (Å²) in [6, 6.07) is 17.0. The maximum atomic E-state index is 12.4. The molecule has 1 N–H and O–H groups in total. The van der Waals surface area contributed by atoms with E-state index >= 15 is 0 Å². The van der Waals surface area contributed by atoms with Gasteiger partial charge in [-0.1, -0.05) is 36.4 Å². The SMILES string of the molecule is COc1cc(OC)c(OC)cc1/C=N\NC(=O)[C@@H](C)Oc1cccc2ccccc12. The molecule has 0 radical (unpaired) electrons. The van der Waals surface area contributed by atoms with Crippen LogP contribution in [0.25, 0.3) is 10.8 Å². The molecule has 0 aromatic heterocycles. The van der Waals surface area contributed by atoms with E-state index in [-0.39, 0.29) is 5.91 Å². The zero-order chi connectivity index (χ0) is 21.5. The Morgan fingerprint density at radius 2 is 1.57 bits per heavy atom. The average Bonchev–Trinajstić information content (AvgIpc) is 2.78. The Bertz CT molecular complexity index is 1060. The van der Waals surface area contributed by atoms with E-state index in [0.717, 1.165) is 10.8 Å². The van der Waals surface area contributed by atoms with Crippen molar-refractivity contribution in [2.45, 2.75) is 13.0 Å². The third-order valence-corrected chi connectivity index (χ3v) is 4.54. The van der Waals surface area contributed by atoms with Gasteiger partial charge >= 0.3 is 0 Å². The topological polar surface area (TPSA) is 78.4 Å². The first-order valence-corrected chi connectivity index (χ1v) is 9.34. The van der Waals surface area contributed by atoms with Crippen LogP contribution in [-0.4, -0.2) is 39.6 Å². The number of carbonyl (C=O) groups is 1. The van der Waals surface area contributed by atoms with Gasteiger partial charge in [-0.05, 0) is 24.4 Å². The van der Waals surface area contributed by atoms with Crippen molar-refractivity contribution in [3.05, 3.63) is 60.2 Å². The van der Waals surface area contributed by atoms with Crippen LogP contribution in [0, 0.1) is 0 Å². The summed E-state index contributed by atoms with van der Waals surface area (Å²) >= 11 is 0. The molecule has 0 spiro atoms. The van der Waals surface area contributed by atoms with Crippen molar-refractivity contribution in [1.29, 1.82) is 0 Å². The Balaban J connectivity index is 1.70. The molecule has 0 saturated heterocycles. The van der Waals surface area contributed by atoms with E-state index in [4.69, 9.17) is 18.9 Å². The Hall–Kier alpha value is -3.74. The fourth-order valence-electron chi connectivity index (χ4n) is 2.95. The number of amides is 1. The highest BCUT2D eigenvalue weighted by molar-refractivity contribution is 5.90. The molecule has 0 heterocycles. The highest BCUT2D eigenvalue weighted by Gasteiger charge is 2.16. The van der Waals surface area contributed by atoms with E-state index in [1.54, 1.807) is 33.3 Å². The van der Waals surface area contributed by atoms with Crippen LogP contribution in [0.3, 0.4) is 0 Å². The first-order valence-electron chi connectivity index (χ1n) is 9.34. The second-order valence-electron chi connectivity index (χ2n) is 6.42. The first kappa shape index (κ1) is 21.0. The van der Waals surface area contributed by atoms with Gasteiger partial charge < -0.3 is 18.9 Å². The number of hydrazone groups is 1. The average molecular weight is 408 g/mol. The predicted molar refractivity (Wildman–Crippen MR) is 116 cm³/mol. The van der Waals surface area contributed by atoms with Crippen LogP contribution in [0.2, 0.25) is 0 Å². The molecule has 156 valence electrons. The molecule has 7 nitrogen and oxygen atoms in total. The maximum absolute atomic E-state index is 12.4. The van der Waals surface area contributed by atoms with E-state index in [2.05, 4.69) is 10.5 Å². The molecule has 7 heteroatoms. The number of nitrogens with one attached hydrogen (secondary N) is 1. The minimum Gasteiger partial charge on any atom is -0.496 e.